The van der Waals surface area contributed by atoms with Gasteiger partial charge in [-0.2, -0.15) is 0 Å². The predicted molar refractivity (Wildman–Crippen MR) is 214 cm³/mol. The van der Waals surface area contributed by atoms with Crippen LogP contribution in [0.4, 0.5) is 9.59 Å². The first-order valence-electron chi connectivity index (χ1n) is 19.4. The van der Waals surface area contributed by atoms with E-state index in [0.29, 0.717) is 11.1 Å². The van der Waals surface area contributed by atoms with Crippen LogP contribution < -0.4 is 10.6 Å². The summed E-state index contributed by atoms with van der Waals surface area (Å²) in [7, 11) is 0. The van der Waals surface area contributed by atoms with Gasteiger partial charge in [-0.05, 0) is 34.2 Å². The smallest absolute Gasteiger partial charge is 0.407 e. The van der Waals surface area contributed by atoms with Crippen molar-refractivity contribution in [3.8, 4) is 0 Å². The summed E-state index contributed by atoms with van der Waals surface area (Å²) in [5.41, 5.74) is 21.0. The van der Waals surface area contributed by atoms with E-state index in [1.54, 1.807) is 60.7 Å². The maximum Gasteiger partial charge on any atom is 0.407 e. The van der Waals surface area contributed by atoms with Crippen LogP contribution in [-0.4, -0.2) is 97.7 Å². The van der Waals surface area contributed by atoms with Gasteiger partial charge in [0.2, 0.25) is 0 Å². The third-order valence-electron chi connectivity index (χ3n) is 9.60. The molecule has 1 aliphatic carbocycles. The molecule has 328 valence electrons. The molecular formula is C41H46N8O13. The molecule has 0 radical (unpaired) electrons. The first-order valence-corrected chi connectivity index (χ1v) is 19.4. The van der Waals surface area contributed by atoms with Gasteiger partial charge in [-0.1, -0.05) is 101 Å². The van der Waals surface area contributed by atoms with E-state index in [1.165, 1.54) is 0 Å². The zero-order valence-electron chi connectivity index (χ0n) is 34.0. The highest BCUT2D eigenvalue weighted by molar-refractivity contribution is 5.72. The maximum absolute atomic E-state index is 13.7. The van der Waals surface area contributed by atoms with Crippen LogP contribution in [-0.2, 0) is 72.1 Å². The molecule has 1 aliphatic heterocycles. The minimum absolute atomic E-state index is 0.0481. The van der Waals surface area contributed by atoms with Crippen molar-refractivity contribution in [3.63, 3.8) is 0 Å². The summed E-state index contributed by atoms with van der Waals surface area (Å²) < 4.78 is 47.2. The van der Waals surface area contributed by atoms with Gasteiger partial charge in [0, 0.05) is 30.6 Å². The Morgan fingerprint density at radius 2 is 1.11 bits per heavy atom. The monoisotopic (exact) mass is 858 g/mol. The molecule has 0 bridgehead atoms. The van der Waals surface area contributed by atoms with Crippen LogP contribution in [0.1, 0.15) is 43.9 Å². The molecule has 21 nitrogen and oxygen atoms in total. The molecule has 1 saturated carbocycles. The summed E-state index contributed by atoms with van der Waals surface area (Å²) >= 11 is 0. The van der Waals surface area contributed by atoms with Gasteiger partial charge in [-0.15, -0.1) is 0 Å². The fourth-order valence-corrected chi connectivity index (χ4v) is 7.01. The van der Waals surface area contributed by atoms with Gasteiger partial charge in [-0.25, -0.2) is 9.59 Å². The number of alkyl carbamates (subject to hydrolysis) is 2. The van der Waals surface area contributed by atoms with Gasteiger partial charge in [0.15, 0.2) is 18.5 Å². The quantitative estimate of drug-likeness (QED) is 0.0561. The second kappa shape index (κ2) is 23.2. The van der Waals surface area contributed by atoms with Crippen molar-refractivity contribution in [2.24, 2.45) is 10.2 Å². The van der Waals surface area contributed by atoms with Gasteiger partial charge < -0.3 is 48.5 Å². The molecule has 2 fully saturated rings. The Labute approximate surface area is 355 Å². The average molecular weight is 859 g/mol. The Kier molecular flexibility index (Phi) is 17.3. The molecule has 1 saturated heterocycles. The van der Waals surface area contributed by atoms with Crippen molar-refractivity contribution in [1.82, 2.24) is 10.6 Å². The van der Waals surface area contributed by atoms with Crippen molar-refractivity contribution in [2.75, 3.05) is 6.54 Å². The fourth-order valence-electron chi connectivity index (χ4n) is 7.01. The number of nitrogens with zero attached hydrogens (tertiary/aromatic N) is 6. The third kappa shape index (κ3) is 13.6. The highest BCUT2D eigenvalue weighted by atomic mass is 16.7. The van der Waals surface area contributed by atoms with Crippen LogP contribution in [0.15, 0.2) is 101 Å². The molecule has 2 amide bonds. The minimum Gasteiger partial charge on any atom is -0.458 e. The summed E-state index contributed by atoms with van der Waals surface area (Å²) in [5, 5.41) is 12.8. The second-order valence-corrected chi connectivity index (χ2v) is 14.1. The first-order chi connectivity index (χ1) is 29.9. The molecule has 1 heterocycles. The van der Waals surface area contributed by atoms with Gasteiger partial charge >= 0.3 is 30.1 Å². The van der Waals surface area contributed by atoms with Crippen molar-refractivity contribution < 1.29 is 61.9 Å². The molecule has 1 unspecified atom stereocenters. The minimum atomic E-state index is -1.72. The molecule has 2 N–H and O–H groups in total. The van der Waals surface area contributed by atoms with E-state index in [-0.39, 0.29) is 32.8 Å². The number of nitrogens with one attached hydrogen (secondary N) is 2. The highest BCUT2D eigenvalue weighted by Gasteiger charge is 2.59. The molecule has 10 atom stereocenters. The summed E-state index contributed by atoms with van der Waals surface area (Å²) in [4.78, 5) is 71.6. The van der Waals surface area contributed by atoms with E-state index in [0.717, 1.165) is 26.3 Å². The molecule has 5 rings (SSSR count). The van der Waals surface area contributed by atoms with E-state index < -0.39 is 91.1 Å². The number of carbonyl (C=O) groups is 5. The van der Waals surface area contributed by atoms with Crippen LogP contribution in [0, 0.1) is 0 Å². The van der Waals surface area contributed by atoms with Gasteiger partial charge in [-0.3, -0.25) is 14.4 Å². The molecule has 21 heteroatoms. The normalized spacial score (nSPS) is 25.3. The van der Waals surface area contributed by atoms with Gasteiger partial charge in [0.1, 0.15) is 37.5 Å². The molecule has 2 aliphatic rings. The van der Waals surface area contributed by atoms with Crippen LogP contribution in [0.5, 0.6) is 0 Å². The lowest BCUT2D eigenvalue weighted by Crippen LogP contribution is -2.75. The molecule has 0 aromatic heterocycles. The zero-order valence-corrected chi connectivity index (χ0v) is 34.0. The number of hydrogen-bond acceptors (Lipinski definition) is 15. The van der Waals surface area contributed by atoms with Crippen LogP contribution >= 0.6 is 0 Å². The Balaban J connectivity index is 1.55. The van der Waals surface area contributed by atoms with E-state index >= 15 is 0 Å². The van der Waals surface area contributed by atoms with Crippen LogP contribution in [0.2, 0.25) is 0 Å². The van der Waals surface area contributed by atoms with Crippen LogP contribution in [0.25, 0.3) is 20.9 Å². The Bertz CT molecular complexity index is 2070. The van der Waals surface area contributed by atoms with E-state index in [1.807, 2.05) is 30.3 Å². The van der Waals surface area contributed by atoms with Gasteiger partial charge in [0.05, 0.1) is 31.4 Å². The summed E-state index contributed by atoms with van der Waals surface area (Å²) in [5.74, 6) is -2.75. The van der Waals surface area contributed by atoms with Crippen LogP contribution in [0.3, 0.4) is 0 Å². The number of benzene rings is 3. The van der Waals surface area contributed by atoms with Crippen molar-refractivity contribution in [3.05, 3.63) is 129 Å². The lowest BCUT2D eigenvalue weighted by molar-refractivity contribution is -0.284. The Morgan fingerprint density at radius 1 is 0.645 bits per heavy atom. The summed E-state index contributed by atoms with van der Waals surface area (Å²) in [6.45, 7) is 2.59. The first kappa shape index (κ1) is 46.2. The molecule has 3 aromatic rings. The van der Waals surface area contributed by atoms with Crippen molar-refractivity contribution >= 4 is 30.1 Å². The zero-order chi connectivity index (χ0) is 44.4. The largest absolute Gasteiger partial charge is 0.458 e. The van der Waals surface area contributed by atoms with E-state index in [9.17, 15) is 35.0 Å². The summed E-state index contributed by atoms with van der Waals surface area (Å²) in [6.07, 6.45) is -12.4. The molecular weight excluding hydrogens is 812 g/mol. The average Bonchev–Trinajstić information content (AvgIpc) is 3.25. The number of azide groups is 2. The Morgan fingerprint density at radius 3 is 1.60 bits per heavy atom. The number of carbonyl (C=O) groups excluding carboxylic acids is 5. The number of rotatable bonds is 17. The predicted octanol–water partition coefficient (Wildman–Crippen LogP) is 5.46. The van der Waals surface area contributed by atoms with Gasteiger partial charge in [0.25, 0.3) is 0 Å². The SMILES string of the molecule is CC(=O)O[C@@H]1[C@@H](NC(=O)OCc2ccccc2)[C@H](OC(C)=O)[C@@H](OC(C)=O)[C@H](OC2O[C@H](CN=[N+]=[N-])[C@@H](OCc3ccccc3)C[C@H]2N=[N+]=[N-])[C@H]1NC(=O)OCc1ccccc1. The number of ether oxygens (including phenoxy) is 8. The number of hydrogen-bond donors (Lipinski definition) is 2. The molecule has 3 aromatic carbocycles. The van der Waals surface area contributed by atoms with E-state index in [2.05, 4.69) is 30.7 Å². The fraction of sp³-hybridized carbons (Fsp3) is 0.439. The third-order valence-corrected chi connectivity index (χ3v) is 9.60. The number of amides is 2. The highest BCUT2D eigenvalue weighted by Crippen LogP contribution is 2.35. The topological polar surface area (TPSA) is 281 Å². The van der Waals surface area contributed by atoms with Crippen molar-refractivity contribution in [2.45, 2.75) is 108 Å². The van der Waals surface area contributed by atoms with Crippen molar-refractivity contribution in [1.29, 1.82) is 0 Å². The number of esters is 3. The summed E-state index contributed by atoms with van der Waals surface area (Å²) in [6, 6.07) is 22.1. The maximum atomic E-state index is 13.7. The second-order valence-electron chi connectivity index (χ2n) is 14.1. The molecule has 0 spiro atoms. The standard InChI is InChI=1S/C41H46N8O13/c1-24(50)58-35-33(45-40(53)56-22-28-15-9-5-10-16-28)36(59-25(2)51)38(60-26(3)52)37(34(35)46-41(54)57-23-29-17-11-6-12-18-29)62-39-30(47-49-43)19-31(32(61-39)20-44-48-42)55-21-27-13-7-4-8-14-27/h4-18,30-39H,19-23H2,1-3H3,(H,45,53)(H,46,54)/t30-,31+,32-,33-,34+,35-,36+,37-,38-,39?/m1/s1. The lowest BCUT2D eigenvalue weighted by atomic mass is 9.80. The Hall–Kier alpha value is -6.89. The van der Waals surface area contributed by atoms with E-state index in [4.69, 9.17) is 37.9 Å². The molecule has 62 heavy (non-hydrogen) atoms. The lowest BCUT2D eigenvalue weighted by Gasteiger charge is -2.50.